The van der Waals surface area contributed by atoms with E-state index in [4.69, 9.17) is 11.5 Å². The predicted molar refractivity (Wildman–Crippen MR) is 102 cm³/mol. The average molecular weight is 310 g/mol. The molecule has 0 radical (unpaired) electrons. The number of nitrogens with two attached hydrogens (primary N) is 2. The van der Waals surface area contributed by atoms with E-state index in [0.717, 1.165) is 43.5 Å². The summed E-state index contributed by atoms with van der Waals surface area (Å²) in [6, 6.07) is 8.96. The van der Waals surface area contributed by atoms with Gasteiger partial charge >= 0.3 is 0 Å². The van der Waals surface area contributed by atoms with Crippen LogP contribution in [0.2, 0.25) is 0 Å². The molecule has 0 heterocycles. The molecule has 0 amide bonds. The van der Waals surface area contributed by atoms with E-state index in [2.05, 4.69) is 52.0 Å². The molecule has 0 saturated heterocycles. The summed E-state index contributed by atoms with van der Waals surface area (Å²) in [6.07, 6.45) is 4.85. The number of anilines is 2. The van der Waals surface area contributed by atoms with Crippen LogP contribution in [0.15, 0.2) is 24.3 Å². The molecule has 0 unspecified atom stereocenters. The van der Waals surface area contributed by atoms with Crippen LogP contribution in [-0.2, 0) is 32.1 Å². The molecule has 0 saturated carbocycles. The lowest BCUT2D eigenvalue weighted by atomic mass is 9.91. The van der Waals surface area contributed by atoms with E-state index in [1.165, 1.54) is 33.4 Å². The molecule has 2 aromatic rings. The zero-order valence-electron chi connectivity index (χ0n) is 15.0. The first-order chi connectivity index (χ1) is 11.0. The molecule has 0 fully saturated rings. The second kappa shape index (κ2) is 7.54. The van der Waals surface area contributed by atoms with E-state index in [0.29, 0.717) is 0 Å². The fraction of sp³-hybridized carbons (Fsp3) is 0.429. The highest BCUT2D eigenvalue weighted by Gasteiger charge is 2.11. The Hall–Kier alpha value is -1.96. The monoisotopic (exact) mass is 310 g/mol. The predicted octanol–water partition coefficient (Wildman–Crippen LogP) is 4.69. The summed E-state index contributed by atoms with van der Waals surface area (Å²) in [5.74, 6) is 0. The van der Waals surface area contributed by atoms with Crippen molar-refractivity contribution in [1.29, 1.82) is 0 Å². The van der Waals surface area contributed by atoms with Crippen molar-refractivity contribution in [3.63, 3.8) is 0 Å². The van der Waals surface area contributed by atoms with Crippen LogP contribution in [0.4, 0.5) is 11.4 Å². The van der Waals surface area contributed by atoms with E-state index in [1.807, 2.05) is 0 Å². The fourth-order valence-corrected chi connectivity index (χ4v) is 3.41. The van der Waals surface area contributed by atoms with Gasteiger partial charge in [0.05, 0.1) is 0 Å². The molecule has 2 heteroatoms. The quantitative estimate of drug-likeness (QED) is 0.760. The molecule has 0 aromatic heterocycles. The summed E-state index contributed by atoms with van der Waals surface area (Å²) in [4.78, 5) is 0. The molecular weight excluding hydrogens is 280 g/mol. The number of benzene rings is 2. The minimum atomic E-state index is 0.928. The zero-order chi connectivity index (χ0) is 17.0. The topological polar surface area (TPSA) is 52.0 Å². The standard InChI is InChI=1S/C21H30N2/c1-5-15-9-10-18(19(8-4)21(15)23)13-14-11-16(6-2)20(22)17(7-3)12-14/h9-12H,5-8,13,22-23H2,1-4H3. The van der Waals surface area contributed by atoms with Gasteiger partial charge in [-0.2, -0.15) is 0 Å². The zero-order valence-corrected chi connectivity index (χ0v) is 15.0. The summed E-state index contributed by atoms with van der Waals surface area (Å²) in [5.41, 5.74) is 22.3. The van der Waals surface area contributed by atoms with Crippen molar-refractivity contribution in [2.24, 2.45) is 0 Å². The van der Waals surface area contributed by atoms with Crippen LogP contribution in [-0.4, -0.2) is 0 Å². The van der Waals surface area contributed by atoms with Gasteiger partial charge in [0.2, 0.25) is 0 Å². The van der Waals surface area contributed by atoms with Gasteiger partial charge in [0.1, 0.15) is 0 Å². The van der Waals surface area contributed by atoms with Crippen molar-refractivity contribution in [3.8, 4) is 0 Å². The van der Waals surface area contributed by atoms with Crippen LogP contribution in [0, 0.1) is 0 Å². The van der Waals surface area contributed by atoms with Crippen molar-refractivity contribution in [2.45, 2.75) is 59.8 Å². The number of hydrogen-bond acceptors (Lipinski definition) is 2. The van der Waals surface area contributed by atoms with Crippen LogP contribution in [0.3, 0.4) is 0 Å². The lowest BCUT2D eigenvalue weighted by molar-refractivity contribution is 1.02. The molecule has 2 nitrogen and oxygen atoms in total. The van der Waals surface area contributed by atoms with E-state index >= 15 is 0 Å². The third-order valence-electron chi connectivity index (χ3n) is 4.85. The second-order valence-corrected chi connectivity index (χ2v) is 6.19. The van der Waals surface area contributed by atoms with Gasteiger partial charge in [-0.15, -0.1) is 0 Å². The number of nitrogen functional groups attached to an aromatic ring is 2. The van der Waals surface area contributed by atoms with Gasteiger partial charge in [-0.3, -0.25) is 0 Å². The molecule has 0 atom stereocenters. The SMILES string of the molecule is CCc1cc(Cc2ccc(CC)c(N)c2CC)cc(CC)c1N. The Morgan fingerprint density at radius 2 is 1.17 bits per heavy atom. The Kier molecular flexibility index (Phi) is 5.70. The average Bonchev–Trinajstić information content (AvgIpc) is 2.56. The molecule has 0 spiro atoms. The van der Waals surface area contributed by atoms with Gasteiger partial charge in [-0.05, 0) is 65.5 Å². The van der Waals surface area contributed by atoms with Gasteiger partial charge in [0.25, 0.3) is 0 Å². The van der Waals surface area contributed by atoms with Crippen LogP contribution in [0.1, 0.15) is 61.1 Å². The Morgan fingerprint density at radius 1 is 0.652 bits per heavy atom. The summed E-state index contributed by atoms with van der Waals surface area (Å²) >= 11 is 0. The van der Waals surface area contributed by atoms with Crippen molar-refractivity contribution >= 4 is 11.4 Å². The Labute approximate surface area is 140 Å². The van der Waals surface area contributed by atoms with Gasteiger partial charge in [-0.25, -0.2) is 0 Å². The third kappa shape index (κ3) is 3.52. The van der Waals surface area contributed by atoms with Gasteiger partial charge in [0.15, 0.2) is 0 Å². The number of rotatable bonds is 6. The minimum Gasteiger partial charge on any atom is -0.398 e. The molecule has 0 aliphatic rings. The maximum atomic E-state index is 6.38. The normalized spacial score (nSPS) is 11.0. The van der Waals surface area contributed by atoms with Crippen LogP contribution < -0.4 is 11.5 Å². The third-order valence-corrected chi connectivity index (χ3v) is 4.85. The highest BCUT2D eigenvalue weighted by Crippen LogP contribution is 2.28. The molecule has 0 aliphatic heterocycles. The van der Waals surface area contributed by atoms with Crippen LogP contribution in [0.25, 0.3) is 0 Å². The lowest BCUT2D eigenvalue weighted by Crippen LogP contribution is -2.05. The summed E-state index contributed by atoms with van der Waals surface area (Å²) in [6.45, 7) is 8.68. The Morgan fingerprint density at radius 3 is 1.65 bits per heavy atom. The van der Waals surface area contributed by atoms with Gasteiger partial charge in [0, 0.05) is 11.4 Å². The first kappa shape index (κ1) is 17.4. The van der Waals surface area contributed by atoms with Crippen LogP contribution >= 0.6 is 0 Å². The van der Waals surface area contributed by atoms with Crippen molar-refractivity contribution in [3.05, 3.63) is 57.6 Å². The summed E-state index contributed by atoms with van der Waals surface area (Å²) in [5, 5.41) is 0. The lowest BCUT2D eigenvalue weighted by Gasteiger charge is -2.16. The highest BCUT2D eigenvalue weighted by molar-refractivity contribution is 5.60. The minimum absolute atomic E-state index is 0.928. The van der Waals surface area contributed by atoms with E-state index in [9.17, 15) is 0 Å². The maximum Gasteiger partial charge on any atom is 0.0381 e. The molecule has 124 valence electrons. The Balaban J connectivity index is 2.45. The summed E-state index contributed by atoms with van der Waals surface area (Å²) in [7, 11) is 0. The van der Waals surface area contributed by atoms with Crippen molar-refractivity contribution in [2.75, 3.05) is 11.5 Å². The van der Waals surface area contributed by atoms with E-state index in [-0.39, 0.29) is 0 Å². The molecule has 2 aromatic carbocycles. The largest absolute Gasteiger partial charge is 0.398 e. The van der Waals surface area contributed by atoms with Crippen molar-refractivity contribution < 1.29 is 0 Å². The molecular formula is C21H30N2. The van der Waals surface area contributed by atoms with Gasteiger partial charge in [-0.1, -0.05) is 52.0 Å². The molecule has 23 heavy (non-hydrogen) atoms. The fourth-order valence-electron chi connectivity index (χ4n) is 3.41. The van der Waals surface area contributed by atoms with Crippen LogP contribution in [0.5, 0.6) is 0 Å². The molecule has 2 rings (SSSR count). The molecule has 0 bridgehead atoms. The van der Waals surface area contributed by atoms with E-state index in [1.54, 1.807) is 0 Å². The Bertz CT molecular complexity index is 661. The molecule has 4 N–H and O–H groups in total. The molecule has 0 aliphatic carbocycles. The maximum absolute atomic E-state index is 6.38. The smallest absolute Gasteiger partial charge is 0.0381 e. The van der Waals surface area contributed by atoms with E-state index < -0.39 is 0 Å². The number of hydrogen-bond donors (Lipinski definition) is 2. The number of aryl methyl sites for hydroxylation is 3. The highest BCUT2D eigenvalue weighted by atomic mass is 14.6. The van der Waals surface area contributed by atoms with Crippen molar-refractivity contribution in [1.82, 2.24) is 0 Å². The first-order valence-corrected chi connectivity index (χ1v) is 8.84. The second-order valence-electron chi connectivity index (χ2n) is 6.19. The van der Waals surface area contributed by atoms with Gasteiger partial charge < -0.3 is 11.5 Å². The summed E-state index contributed by atoms with van der Waals surface area (Å²) < 4.78 is 0. The first-order valence-electron chi connectivity index (χ1n) is 8.84.